The molecule has 1 atom stereocenters. The monoisotopic (exact) mass is 214 g/mol. The predicted octanol–water partition coefficient (Wildman–Crippen LogP) is 2.04. The van der Waals surface area contributed by atoms with Crippen LogP contribution in [0.25, 0.3) is 0 Å². The van der Waals surface area contributed by atoms with Crippen molar-refractivity contribution in [1.29, 1.82) is 0 Å². The van der Waals surface area contributed by atoms with Gasteiger partial charge in [-0.3, -0.25) is 0 Å². The molecule has 1 unspecified atom stereocenters. The Bertz CT molecular complexity index is 480. The van der Waals surface area contributed by atoms with Crippen LogP contribution in [-0.2, 0) is 5.60 Å². The molecular formula is C13H14N2O. The highest BCUT2D eigenvalue weighted by Gasteiger charge is 2.27. The Labute approximate surface area is 94.8 Å². The molecule has 0 saturated heterocycles. The van der Waals surface area contributed by atoms with Crippen LogP contribution in [0.1, 0.15) is 23.6 Å². The van der Waals surface area contributed by atoms with Gasteiger partial charge >= 0.3 is 0 Å². The molecule has 2 aromatic rings. The van der Waals surface area contributed by atoms with E-state index < -0.39 is 5.60 Å². The Morgan fingerprint density at radius 2 is 1.75 bits per heavy atom. The molecule has 1 aromatic heterocycles. The van der Waals surface area contributed by atoms with Gasteiger partial charge in [0.25, 0.3) is 0 Å². The van der Waals surface area contributed by atoms with Gasteiger partial charge in [-0.15, -0.1) is 0 Å². The van der Waals surface area contributed by atoms with E-state index in [0.717, 1.165) is 11.1 Å². The number of rotatable bonds is 2. The Morgan fingerprint density at radius 3 is 2.38 bits per heavy atom. The number of aromatic nitrogens is 2. The lowest BCUT2D eigenvalue weighted by molar-refractivity contribution is 0.101. The minimum atomic E-state index is -1.05. The third-order valence-electron chi connectivity index (χ3n) is 2.79. The van der Waals surface area contributed by atoms with Gasteiger partial charge in [-0.2, -0.15) is 0 Å². The number of hydrogen-bond acceptors (Lipinski definition) is 3. The predicted molar refractivity (Wildman–Crippen MR) is 61.9 cm³/mol. The molecule has 0 spiro atoms. The van der Waals surface area contributed by atoms with Gasteiger partial charge in [0.15, 0.2) is 0 Å². The van der Waals surface area contributed by atoms with Gasteiger partial charge < -0.3 is 5.11 Å². The van der Waals surface area contributed by atoms with Gasteiger partial charge in [0.05, 0.1) is 0 Å². The molecule has 82 valence electrons. The summed E-state index contributed by atoms with van der Waals surface area (Å²) in [5, 5.41) is 10.6. The molecule has 0 aliphatic heterocycles. The van der Waals surface area contributed by atoms with Crippen molar-refractivity contribution in [2.45, 2.75) is 19.4 Å². The van der Waals surface area contributed by atoms with Crippen molar-refractivity contribution in [3.8, 4) is 0 Å². The van der Waals surface area contributed by atoms with Crippen LogP contribution in [0.3, 0.4) is 0 Å². The average molecular weight is 214 g/mol. The third-order valence-corrected chi connectivity index (χ3v) is 2.79. The zero-order chi connectivity index (χ0) is 11.6. The van der Waals surface area contributed by atoms with E-state index in [9.17, 15) is 5.11 Å². The van der Waals surface area contributed by atoms with E-state index in [1.807, 2.05) is 31.2 Å². The largest absolute Gasteiger partial charge is 0.381 e. The second-order valence-corrected chi connectivity index (χ2v) is 4.01. The first-order valence-corrected chi connectivity index (χ1v) is 5.16. The fraction of sp³-hybridized carbons (Fsp3) is 0.231. The molecule has 2 rings (SSSR count). The number of aliphatic hydroxyl groups is 1. The molecule has 0 fully saturated rings. The van der Waals surface area contributed by atoms with E-state index in [2.05, 4.69) is 9.97 Å². The third kappa shape index (κ3) is 1.82. The number of nitrogens with zero attached hydrogens (tertiary/aromatic N) is 2. The summed E-state index contributed by atoms with van der Waals surface area (Å²) in [4.78, 5) is 7.87. The van der Waals surface area contributed by atoms with Crippen molar-refractivity contribution in [2.24, 2.45) is 0 Å². The van der Waals surface area contributed by atoms with Gasteiger partial charge in [0, 0.05) is 18.0 Å². The second-order valence-electron chi connectivity index (χ2n) is 4.01. The highest BCUT2D eigenvalue weighted by Crippen LogP contribution is 2.29. The normalized spacial score (nSPS) is 14.4. The summed E-state index contributed by atoms with van der Waals surface area (Å²) in [6, 6.07) is 7.77. The fourth-order valence-corrected chi connectivity index (χ4v) is 1.83. The molecule has 0 aliphatic rings. The first-order valence-electron chi connectivity index (χ1n) is 5.16. The molecule has 1 heterocycles. The van der Waals surface area contributed by atoms with Crippen LogP contribution in [0.15, 0.2) is 43.0 Å². The summed E-state index contributed by atoms with van der Waals surface area (Å²) in [6.45, 7) is 3.74. The molecule has 0 amide bonds. The van der Waals surface area contributed by atoms with Crippen molar-refractivity contribution in [3.05, 3.63) is 59.7 Å². The van der Waals surface area contributed by atoms with Crippen molar-refractivity contribution in [3.63, 3.8) is 0 Å². The summed E-state index contributed by atoms with van der Waals surface area (Å²) >= 11 is 0. The molecule has 0 saturated carbocycles. The van der Waals surface area contributed by atoms with Gasteiger partial charge in [-0.25, -0.2) is 9.97 Å². The van der Waals surface area contributed by atoms with Crippen LogP contribution in [-0.4, -0.2) is 15.1 Å². The Morgan fingerprint density at radius 1 is 1.12 bits per heavy atom. The number of hydrogen-bond donors (Lipinski definition) is 1. The maximum absolute atomic E-state index is 10.6. The van der Waals surface area contributed by atoms with Crippen LogP contribution in [0, 0.1) is 6.92 Å². The molecule has 1 aromatic carbocycles. The quantitative estimate of drug-likeness (QED) is 0.832. The number of benzene rings is 1. The minimum absolute atomic E-state index is 0.698. The summed E-state index contributed by atoms with van der Waals surface area (Å²) < 4.78 is 0. The van der Waals surface area contributed by atoms with Crippen LogP contribution in [0.5, 0.6) is 0 Å². The van der Waals surface area contributed by atoms with Gasteiger partial charge in [-0.1, -0.05) is 24.3 Å². The molecule has 0 aliphatic carbocycles. The van der Waals surface area contributed by atoms with E-state index in [1.165, 1.54) is 6.33 Å². The summed E-state index contributed by atoms with van der Waals surface area (Å²) in [6.07, 6.45) is 4.73. The van der Waals surface area contributed by atoms with Gasteiger partial charge in [0.2, 0.25) is 0 Å². The topological polar surface area (TPSA) is 46.0 Å². The lowest BCUT2D eigenvalue weighted by Crippen LogP contribution is -2.24. The second kappa shape index (κ2) is 4.02. The van der Waals surface area contributed by atoms with E-state index in [-0.39, 0.29) is 0 Å². The highest BCUT2D eigenvalue weighted by atomic mass is 16.3. The van der Waals surface area contributed by atoms with Crippen LogP contribution >= 0.6 is 0 Å². The Balaban J connectivity index is 2.51. The molecule has 3 heteroatoms. The lowest BCUT2D eigenvalue weighted by atomic mass is 9.87. The van der Waals surface area contributed by atoms with Crippen molar-refractivity contribution >= 4 is 0 Å². The first-order chi connectivity index (χ1) is 7.62. The molecule has 3 nitrogen and oxygen atoms in total. The van der Waals surface area contributed by atoms with Gasteiger partial charge in [-0.05, 0) is 25.0 Å². The van der Waals surface area contributed by atoms with Crippen molar-refractivity contribution in [1.82, 2.24) is 9.97 Å². The molecule has 0 bridgehead atoms. The lowest BCUT2D eigenvalue weighted by Gasteiger charge is -2.25. The zero-order valence-corrected chi connectivity index (χ0v) is 9.38. The Kier molecular flexibility index (Phi) is 2.71. The summed E-state index contributed by atoms with van der Waals surface area (Å²) in [5.74, 6) is 0. The number of aryl methyl sites for hydroxylation is 1. The van der Waals surface area contributed by atoms with Crippen molar-refractivity contribution < 1.29 is 5.11 Å². The fourth-order valence-electron chi connectivity index (χ4n) is 1.83. The van der Waals surface area contributed by atoms with E-state index >= 15 is 0 Å². The molecule has 16 heavy (non-hydrogen) atoms. The van der Waals surface area contributed by atoms with Crippen LogP contribution < -0.4 is 0 Å². The van der Waals surface area contributed by atoms with Gasteiger partial charge in [0.1, 0.15) is 11.9 Å². The molecule has 1 N–H and O–H groups in total. The summed E-state index contributed by atoms with van der Waals surface area (Å²) in [5.41, 5.74) is 1.58. The van der Waals surface area contributed by atoms with E-state index in [0.29, 0.717) is 5.56 Å². The first kappa shape index (κ1) is 10.8. The van der Waals surface area contributed by atoms with E-state index in [1.54, 1.807) is 19.3 Å². The molecule has 0 radical (unpaired) electrons. The average Bonchev–Trinajstić information content (AvgIpc) is 2.30. The smallest absolute Gasteiger partial charge is 0.115 e. The van der Waals surface area contributed by atoms with Crippen LogP contribution in [0.2, 0.25) is 0 Å². The zero-order valence-electron chi connectivity index (χ0n) is 9.38. The summed E-state index contributed by atoms with van der Waals surface area (Å²) in [7, 11) is 0. The SMILES string of the molecule is Cc1ccccc1C(C)(O)c1cncnc1. The Hall–Kier alpha value is -1.74. The maximum atomic E-state index is 10.6. The standard InChI is InChI=1S/C13H14N2O/c1-10-5-3-4-6-12(10)13(2,16)11-7-14-9-15-8-11/h3-9,16H,1-2H3. The minimum Gasteiger partial charge on any atom is -0.381 e. The highest BCUT2D eigenvalue weighted by molar-refractivity contribution is 5.37. The maximum Gasteiger partial charge on any atom is 0.115 e. The molecular weight excluding hydrogens is 200 g/mol. The van der Waals surface area contributed by atoms with Crippen LogP contribution in [0.4, 0.5) is 0 Å². The van der Waals surface area contributed by atoms with Crippen molar-refractivity contribution in [2.75, 3.05) is 0 Å². The van der Waals surface area contributed by atoms with E-state index in [4.69, 9.17) is 0 Å².